The number of nitrogens with one attached hydrogen (secondary N) is 1. The zero-order chi connectivity index (χ0) is 15.1. The number of hydrogen-bond acceptors (Lipinski definition) is 2. The fourth-order valence-corrected chi connectivity index (χ4v) is 3.35. The summed E-state index contributed by atoms with van der Waals surface area (Å²) in [4.78, 5) is 2.56. The van der Waals surface area contributed by atoms with Crippen LogP contribution in [0.2, 0.25) is 5.02 Å². The highest BCUT2D eigenvalue weighted by Gasteiger charge is 2.17. The van der Waals surface area contributed by atoms with Gasteiger partial charge in [-0.3, -0.25) is 0 Å². The highest BCUT2D eigenvalue weighted by atomic mass is 35.5. The van der Waals surface area contributed by atoms with Crippen LogP contribution in [0.4, 0.5) is 0 Å². The fraction of sp³-hybridized carbons (Fsp3) is 0.667. The lowest BCUT2D eigenvalue weighted by Crippen LogP contribution is -2.35. The Balaban J connectivity index is 1.63. The molecule has 1 aliphatic carbocycles. The van der Waals surface area contributed by atoms with Gasteiger partial charge in [-0.05, 0) is 64.0 Å². The standard InChI is InChI=1S/C18H29ClN2/c1-15(16-9-11-17(19)12-10-16)20-13-6-14-21(2)18-7-4-3-5-8-18/h9-12,15,18,20H,3-8,13-14H2,1-2H3. The molecule has 0 amide bonds. The molecular formula is C18H29ClN2. The van der Waals surface area contributed by atoms with Crippen molar-refractivity contribution in [3.63, 3.8) is 0 Å². The highest BCUT2D eigenvalue weighted by molar-refractivity contribution is 6.30. The van der Waals surface area contributed by atoms with Crippen LogP contribution in [-0.2, 0) is 0 Å². The monoisotopic (exact) mass is 308 g/mol. The van der Waals surface area contributed by atoms with Gasteiger partial charge in [0.05, 0.1) is 0 Å². The number of benzene rings is 1. The second kappa shape index (κ2) is 8.77. The van der Waals surface area contributed by atoms with Gasteiger partial charge in [-0.25, -0.2) is 0 Å². The lowest BCUT2D eigenvalue weighted by Gasteiger charge is -2.31. The van der Waals surface area contributed by atoms with E-state index in [1.165, 1.54) is 50.6 Å². The third-order valence-corrected chi connectivity index (χ3v) is 4.96. The maximum absolute atomic E-state index is 5.93. The minimum Gasteiger partial charge on any atom is -0.310 e. The third-order valence-electron chi connectivity index (χ3n) is 4.71. The molecule has 118 valence electrons. The topological polar surface area (TPSA) is 15.3 Å². The molecule has 0 saturated heterocycles. The largest absolute Gasteiger partial charge is 0.310 e. The third kappa shape index (κ3) is 5.61. The van der Waals surface area contributed by atoms with Crippen molar-refractivity contribution in [3.8, 4) is 0 Å². The van der Waals surface area contributed by atoms with Gasteiger partial charge in [0.25, 0.3) is 0 Å². The molecule has 2 nitrogen and oxygen atoms in total. The number of hydrogen-bond donors (Lipinski definition) is 1. The van der Waals surface area contributed by atoms with E-state index >= 15 is 0 Å². The Morgan fingerprint density at radius 1 is 1.19 bits per heavy atom. The lowest BCUT2D eigenvalue weighted by molar-refractivity contribution is 0.189. The molecule has 1 fully saturated rings. The Morgan fingerprint density at radius 3 is 2.52 bits per heavy atom. The molecule has 0 bridgehead atoms. The van der Waals surface area contributed by atoms with E-state index in [2.05, 4.69) is 36.3 Å². The summed E-state index contributed by atoms with van der Waals surface area (Å²) in [6, 6.07) is 9.36. The number of nitrogens with zero attached hydrogens (tertiary/aromatic N) is 1. The molecule has 1 unspecified atom stereocenters. The van der Waals surface area contributed by atoms with Crippen molar-refractivity contribution in [2.75, 3.05) is 20.1 Å². The summed E-state index contributed by atoms with van der Waals surface area (Å²) in [5.74, 6) is 0. The normalized spacial score (nSPS) is 18.1. The van der Waals surface area contributed by atoms with Gasteiger partial charge < -0.3 is 10.2 Å². The van der Waals surface area contributed by atoms with E-state index in [1.807, 2.05) is 12.1 Å². The molecule has 1 saturated carbocycles. The van der Waals surface area contributed by atoms with Crippen LogP contribution in [-0.4, -0.2) is 31.1 Å². The minimum absolute atomic E-state index is 0.391. The van der Waals surface area contributed by atoms with Crippen molar-refractivity contribution in [3.05, 3.63) is 34.9 Å². The molecule has 21 heavy (non-hydrogen) atoms. The van der Waals surface area contributed by atoms with Crippen molar-refractivity contribution >= 4 is 11.6 Å². The molecule has 2 rings (SSSR count). The Morgan fingerprint density at radius 2 is 1.86 bits per heavy atom. The predicted octanol–water partition coefficient (Wildman–Crippen LogP) is 4.65. The summed E-state index contributed by atoms with van der Waals surface area (Å²) in [5, 5.41) is 4.41. The zero-order valence-corrected chi connectivity index (χ0v) is 14.2. The van der Waals surface area contributed by atoms with Crippen LogP contribution in [0, 0.1) is 0 Å². The SMILES string of the molecule is CC(NCCCN(C)C1CCCCC1)c1ccc(Cl)cc1. The minimum atomic E-state index is 0.391. The quantitative estimate of drug-likeness (QED) is 0.738. The van der Waals surface area contributed by atoms with Crippen LogP contribution in [0.3, 0.4) is 0 Å². The first kappa shape index (κ1) is 16.8. The van der Waals surface area contributed by atoms with E-state index < -0.39 is 0 Å². The summed E-state index contributed by atoms with van der Waals surface area (Å²) >= 11 is 5.93. The Labute approximate surface area is 134 Å². The first-order chi connectivity index (χ1) is 10.2. The van der Waals surface area contributed by atoms with Crippen LogP contribution in [0.15, 0.2) is 24.3 Å². The van der Waals surface area contributed by atoms with E-state index in [4.69, 9.17) is 11.6 Å². The maximum Gasteiger partial charge on any atom is 0.0406 e. The van der Waals surface area contributed by atoms with Gasteiger partial charge in [-0.1, -0.05) is 43.0 Å². The Kier molecular flexibility index (Phi) is 7.01. The predicted molar refractivity (Wildman–Crippen MR) is 92.0 cm³/mol. The second-order valence-corrected chi connectivity index (χ2v) is 6.79. The zero-order valence-electron chi connectivity index (χ0n) is 13.4. The van der Waals surface area contributed by atoms with Crippen molar-refractivity contribution in [1.29, 1.82) is 0 Å². The first-order valence-electron chi connectivity index (χ1n) is 8.36. The molecule has 0 heterocycles. The lowest BCUT2D eigenvalue weighted by atomic mass is 9.94. The van der Waals surface area contributed by atoms with Crippen molar-refractivity contribution < 1.29 is 0 Å². The van der Waals surface area contributed by atoms with Crippen molar-refractivity contribution in [2.45, 2.75) is 57.5 Å². The summed E-state index contributed by atoms with van der Waals surface area (Å²) in [6.45, 7) is 4.49. The van der Waals surface area contributed by atoms with Crippen LogP contribution < -0.4 is 5.32 Å². The summed E-state index contributed by atoms with van der Waals surface area (Å²) in [7, 11) is 2.29. The molecular weight excluding hydrogens is 280 g/mol. The highest BCUT2D eigenvalue weighted by Crippen LogP contribution is 2.21. The van der Waals surface area contributed by atoms with E-state index in [1.54, 1.807) is 0 Å². The van der Waals surface area contributed by atoms with E-state index in [0.717, 1.165) is 17.6 Å². The Bertz CT molecular complexity index is 398. The summed E-state index contributed by atoms with van der Waals surface area (Å²) < 4.78 is 0. The fourth-order valence-electron chi connectivity index (χ4n) is 3.22. The van der Waals surface area contributed by atoms with Crippen LogP contribution in [0.5, 0.6) is 0 Å². The maximum atomic E-state index is 5.93. The number of halogens is 1. The van der Waals surface area contributed by atoms with Gasteiger partial charge in [0, 0.05) is 17.1 Å². The Hall–Kier alpha value is -0.570. The molecule has 1 atom stereocenters. The average Bonchev–Trinajstić information content (AvgIpc) is 2.52. The molecule has 0 aromatic heterocycles. The van der Waals surface area contributed by atoms with E-state index in [0.29, 0.717) is 6.04 Å². The molecule has 3 heteroatoms. The van der Waals surface area contributed by atoms with Gasteiger partial charge in [0.1, 0.15) is 0 Å². The van der Waals surface area contributed by atoms with Crippen molar-refractivity contribution in [1.82, 2.24) is 10.2 Å². The molecule has 1 aromatic carbocycles. The van der Waals surface area contributed by atoms with Gasteiger partial charge in [0.15, 0.2) is 0 Å². The smallest absolute Gasteiger partial charge is 0.0406 e. The van der Waals surface area contributed by atoms with Crippen LogP contribution in [0.25, 0.3) is 0 Å². The average molecular weight is 309 g/mol. The van der Waals surface area contributed by atoms with Gasteiger partial charge in [-0.2, -0.15) is 0 Å². The van der Waals surface area contributed by atoms with E-state index in [9.17, 15) is 0 Å². The molecule has 0 spiro atoms. The van der Waals surface area contributed by atoms with Gasteiger partial charge in [-0.15, -0.1) is 0 Å². The summed E-state index contributed by atoms with van der Waals surface area (Å²) in [5.41, 5.74) is 1.31. The molecule has 0 radical (unpaired) electrons. The molecule has 1 N–H and O–H groups in total. The molecule has 1 aromatic rings. The van der Waals surface area contributed by atoms with E-state index in [-0.39, 0.29) is 0 Å². The van der Waals surface area contributed by atoms with Gasteiger partial charge >= 0.3 is 0 Å². The number of rotatable bonds is 7. The van der Waals surface area contributed by atoms with Crippen LogP contribution >= 0.6 is 11.6 Å². The molecule has 1 aliphatic rings. The summed E-state index contributed by atoms with van der Waals surface area (Å²) in [6.07, 6.45) is 8.27. The van der Waals surface area contributed by atoms with Crippen molar-refractivity contribution in [2.24, 2.45) is 0 Å². The molecule has 0 aliphatic heterocycles. The van der Waals surface area contributed by atoms with Gasteiger partial charge in [0.2, 0.25) is 0 Å². The second-order valence-electron chi connectivity index (χ2n) is 6.35. The first-order valence-corrected chi connectivity index (χ1v) is 8.73. The van der Waals surface area contributed by atoms with Crippen LogP contribution in [0.1, 0.15) is 57.1 Å².